The monoisotopic (exact) mass is 328 g/mol. The fraction of sp³-hybridized carbons (Fsp3) is 0.176. The van der Waals surface area contributed by atoms with Gasteiger partial charge in [0.15, 0.2) is 0 Å². The fourth-order valence-electron chi connectivity index (χ4n) is 2.77. The molecule has 0 aliphatic rings. The first-order chi connectivity index (χ1) is 9.70. The Morgan fingerprint density at radius 1 is 1.10 bits per heavy atom. The predicted octanol–water partition coefficient (Wildman–Crippen LogP) is 4.33. The zero-order valence-corrected chi connectivity index (χ0v) is 12.9. The number of fused-ring (bicyclic) bond motifs is 1. The van der Waals surface area contributed by atoms with Crippen molar-refractivity contribution in [2.45, 2.75) is 12.8 Å². The van der Waals surface area contributed by atoms with Crippen molar-refractivity contribution in [1.82, 2.24) is 4.98 Å². The zero-order chi connectivity index (χ0) is 14.1. The number of hydrogen-bond acceptors (Lipinski definition) is 1. The van der Waals surface area contributed by atoms with Crippen molar-refractivity contribution in [1.29, 1.82) is 0 Å². The molecule has 0 aliphatic carbocycles. The molecule has 3 N–H and O–H groups in total. The van der Waals surface area contributed by atoms with Crippen molar-refractivity contribution < 1.29 is 0 Å². The van der Waals surface area contributed by atoms with Gasteiger partial charge in [-0.15, -0.1) is 0 Å². The van der Waals surface area contributed by atoms with E-state index in [1.165, 1.54) is 27.7 Å². The van der Waals surface area contributed by atoms with Crippen molar-refractivity contribution in [3.8, 4) is 0 Å². The number of nitrogens with one attached hydrogen (secondary N) is 1. The maximum Gasteiger partial charge on any atom is 0.0459 e. The Hall–Kier alpha value is -1.58. The van der Waals surface area contributed by atoms with Crippen LogP contribution < -0.4 is 5.73 Å². The summed E-state index contributed by atoms with van der Waals surface area (Å²) in [6.07, 6.45) is 0. The van der Waals surface area contributed by atoms with E-state index < -0.39 is 0 Å². The summed E-state index contributed by atoms with van der Waals surface area (Å²) in [6, 6.07) is 16.8. The minimum Gasteiger partial charge on any atom is -0.358 e. The molecule has 0 bridgehead atoms. The normalized spacial score (nSPS) is 12.8. The Labute approximate surface area is 127 Å². The molecule has 1 heterocycles. The van der Waals surface area contributed by atoms with Crippen molar-refractivity contribution in [3.63, 3.8) is 0 Å². The van der Waals surface area contributed by atoms with E-state index >= 15 is 0 Å². The number of halogens is 1. The standard InChI is InChI=1S/C17H17BrN2/c1-11-14-4-2-3-5-16(14)20-17(11)15(10-19)12-6-8-13(18)9-7-12/h2-9,15,20H,10,19H2,1H3. The first kappa shape index (κ1) is 13.4. The van der Waals surface area contributed by atoms with E-state index in [2.05, 4.69) is 76.4 Å². The smallest absolute Gasteiger partial charge is 0.0459 e. The molecule has 0 amide bonds. The fourth-order valence-corrected chi connectivity index (χ4v) is 3.03. The molecule has 1 aromatic heterocycles. The van der Waals surface area contributed by atoms with E-state index in [1.54, 1.807) is 0 Å². The van der Waals surface area contributed by atoms with Crippen LogP contribution in [0.4, 0.5) is 0 Å². The quantitative estimate of drug-likeness (QED) is 0.738. The lowest BCUT2D eigenvalue weighted by Crippen LogP contribution is -2.15. The molecule has 0 spiro atoms. The van der Waals surface area contributed by atoms with Crippen LogP contribution in [0.3, 0.4) is 0 Å². The third kappa shape index (κ3) is 2.28. The van der Waals surface area contributed by atoms with Gasteiger partial charge in [-0.05, 0) is 36.2 Å². The summed E-state index contributed by atoms with van der Waals surface area (Å²) < 4.78 is 1.09. The highest BCUT2D eigenvalue weighted by molar-refractivity contribution is 9.10. The third-order valence-corrected chi connectivity index (χ3v) is 4.39. The molecular weight excluding hydrogens is 312 g/mol. The number of para-hydroxylation sites is 1. The lowest BCUT2D eigenvalue weighted by atomic mass is 9.93. The maximum atomic E-state index is 6.03. The van der Waals surface area contributed by atoms with Gasteiger partial charge in [0.1, 0.15) is 0 Å². The Morgan fingerprint density at radius 2 is 1.80 bits per heavy atom. The van der Waals surface area contributed by atoms with E-state index in [0.717, 1.165) is 4.47 Å². The number of aromatic amines is 1. The van der Waals surface area contributed by atoms with Gasteiger partial charge in [0, 0.05) is 33.5 Å². The molecule has 3 aromatic rings. The first-order valence-electron chi connectivity index (χ1n) is 6.73. The summed E-state index contributed by atoms with van der Waals surface area (Å²) in [5.41, 5.74) is 11.0. The lowest BCUT2D eigenvalue weighted by Gasteiger charge is -2.15. The zero-order valence-electron chi connectivity index (χ0n) is 11.4. The molecule has 1 atom stereocenters. The van der Waals surface area contributed by atoms with Crippen molar-refractivity contribution in [2.75, 3.05) is 6.54 Å². The van der Waals surface area contributed by atoms with E-state index in [1.807, 2.05) is 0 Å². The van der Waals surface area contributed by atoms with Crippen LogP contribution in [0.2, 0.25) is 0 Å². The summed E-state index contributed by atoms with van der Waals surface area (Å²) in [4.78, 5) is 3.54. The van der Waals surface area contributed by atoms with Gasteiger partial charge in [0.05, 0.1) is 0 Å². The van der Waals surface area contributed by atoms with Crippen LogP contribution in [-0.2, 0) is 0 Å². The van der Waals surface area contributed by atoms with Gasteiger partial charge >= 0.3 is 0 Å². The molecule has 1 unspecified atom stereocenters. The number of H-pyrrole nitrogens is 1. The van der Waals surface area contributed by atoms with Gasteiger partial charge < -0.3 is 10.7 Å². The minimum atomic E-state index is 0.204. The average molecular weight is 329 g/mol. The Balaban J connectivity index is 2.11. The molecule has 0 radical (unpaired) electrons. The molecule has 3 heteroatoms. The summed E-state index contributed by atoms with van der Waals surface area (Å²) in [7, 11) is 0. The van der Waals surface area contributed by atoms with Crippen molar-refractivity contribution in [3.05, 3.63) is 69.8 Å². The maximum absolute atomic E-state index is 6.03. The van der Waals surface area contributed by atoms with Gasteiger partial charge in [0.25, 0.3) is 0 Å². The summed E-state index contributed by atoms with van der Waals surface area (Å²) in [5, 5.41) is 1.28. The molecule has 0 aliphatic heterocycles. The van der Waals surface area contributed by atoms with Crippen LogP contribution in [0.15, 0.2) is 53.0 Å². The molecule has 20 heavy (non-hydrogen) atoms. The number of rotatable bonds is 3. The van der Waals surface area contributed by atoms with Crippen LogP contribution in [0, 0.1) is 6.92 Å². The SMILES string of the molecule is Cc1c(C(CN)c2ccc(Br)cc2)[nH]c2ccccc12. The van der Waals surface area contributed by atoms with E-state index in [0.29, 0.717) is 6.54 Å². The summed E-state index contributed by atoms with van der Waals surface area (Å²) >= 11 is 3.48. The largest absolute Gasteiger partial charge is 0.358 e. The van der Waals surface area contributed by atoms with Gasteiger partial charge in [-0.3, -0.25) is 0 Å². The van der Waals surface area contributed by atoms with E-state index in [9.17, 15) is 0 Å². The molecule has 2 aromatic carbocycles. The topological polar surface area (TPSA) is 41.8 Å². The minimum absolute atomic E-state index is 0.204. The number of hydrogen-bond donors (Lipinski definition) is 2. The van der Waals surface area contributed by atoms with Crippen LogP contribution in [0.5, 0.6) is 0 Å². The highest BCUT2D eigenvalue weighted by atomic mass is 79.9. The first-order valence-corrected chi connectivity index (χ1v) is 7.52. The highest BCUT2D eigenvalue weighted by Gasteiger charge is 2.18. The third-order valence-electron chi connectivity index (χ3n) is 3.86. The number of aromatic nitrogens is 1. The molecule has 0 saturated heterocycles. The van der Waals surface area contributed by atoms with Crippen molar-refractivity contribution >= 4 is 26.8 Å². The Morgan fingerprint density at radius 3 is 2.45 bits per heavy atom. The number of aryl methyl sites for hydroxylation is 1. The van der Waals surface area contributed by atoms with Crippen LogP contribution >= 0.6 is 15.9 Å². The number of nitrogens with two attached hydrogens (primary N) is 1. The van der Waals surface area contributed by atoms with Crippen molar-refractivity contribution in [2.24, 2.45) is 5.73 Å². The second kappa shape index (κ2) is 5.43. The molecule has 3 rings (SSSR count). The lowest BCUT2D eigenvalue weighted by molar-refractivity contribution is 0.790. The molecule has 2 nitrogen and oxygen atoms in total. The number of benzene rings is 2. The van der Waals surface area contributed by atoms with E-state index in [-0.39, 0.29) is 5.92 Å². The van der Waals surface area contributed by atoms with E-state index in [4.69, 9.17) is 5.73 Å². The van der Waals surface area contributed by atoms with Gasteiger partial charge in [-0.1, -0.05) is 46.3 Å². The Kier molecular flexibility index (Phi) is 3.64. The second-order valence-electron chi connectivity index (χ2n) is 5.05. The predicted molar refractivity (Wildman–Crippen MR) is 88.1 cm³/mol. The molecular formula is C17H17BrN2. The van der Waals surface area contributed by atoms with Gasteiger partial charge in [-0.25, -0.2) is 0 Å². The van der Waals surface area contributed by atoms with Gasteiger partial charge in [-0.2, -0.15) is 0 Å². The average Bonchev–Trinajstić information content (AvgIpc) is 2.80. The summed E-state index contributed by atoms with van der Waals surface area (Å²) in [6.45, 7) is 2.75. The highest BCUT2D eigenvalue weighted by Crippen LogP contribution is 2.31. The Bertz CT molecular complexity index is 728. The van der Waals surface area contributed by atoms with Crippen LogP contribution in [-0.4, -0.2) is 11.5 Å². The van der Waals surface area contributed by atoms with Crippen LogP contribution in [0.25, 0.3) is 10.9 Å². The molecule has 102 valence electrons. The molecule has 0 fully saturated rings. The second-order valence-corrected chi connectivity index (χ2v) is 5.96. The van der Waals surface area contributed by atoms with Crippen LogP contribution in [0.1, 0.15) is 22.7 Å². The summed E-state index contributed by atoms with van der Waals surface area (Å²) in [5.74, 6) is 0.204. The van der Waals surface area contributed by atoms with Gasteiger partial charge in [0.2, 0.25) is 0 Å². The molecule has 0 saturated carbocycles.